The van der Waals surface area contributed by atoms with Crippen LogP contribution in [0.15, 0.2) is 53.7 Å². The van der Waals surface area contributed by atoms with Gasteiger partial charge in [-0.05, 0) is 103 Å². The van der Waals surface area contributed by atoms with E-state index in [1.807, 2.05) is 17.9 Å². The highest BCUT2D eigenvalue weighted by atomic mass is 16.5. The van der Waals surface area contributed by atoms with Gasteiger partial charge < -0.3 is 49.1 Å². The average molecular weight is 850 g/mol. The standard InChI is InChI=1S/C46H55N7O9/c1-23-15-38(52(21-23)43(54)40(25(3)58-5)50-45(56)60-7)35-18-32-31-19-39-33(17-27(31)11-13-34(32)48-35)30-12-10-28(16-29(30)22-62-39)36-20-47-42(49-36)37-14-9-24(2)53(37)44(55)41(26(4)59-6)51-46(57)61-8/h10-13,16-17,19-20,23-26,37-38,40-41H,9,14-15,18,21-22H2,1-8H3,(H,47,49)(H,50,56)(H,51,57)/t23-,24-,25+,26+,37-,38-,40-,41-/m0/s1. The largest absolute Gasteiger partial charge is 0.488 e. The van der Waals surface area contributed by atoms with Crippen LogP contribution in [-0.2, 0) is 41.6 Å². The first kappa shape index (κ1) is 42.7. The van der Waals surface area contributed by atoms with Gasteiger partial charge >= 0.3 is 12.2 Å². The molecule has 1 aromatic heterocycles. The molecule has 328 valence electrons. The smallest absolute Gasteiger partial charge is 0.407 e. The molecule has 4 aromatic rings. The molecule has 16 heteroatoms. The zero-order valence-corrected chi connectivity index (χ0v) is 36.4. The summed E-state index contributed by atoms with van der Waals surface area (Å²) in [5.41, 5.74) is 7.79. The van der Waals surface area contributed by atoms with E-state index in [1.165, 1.54) is 28.4 Å². The van der Waals surface area contributed by atoms with Crippen LogP contribution in [0.3, 0.4) is 0 Å². The molecule has 0 saturated carbocycles. The third-order valence-corrected chi connectivity index (χ3v) is 13.1. The Morgan fingerprint density at radius 2 is 1.56 bits per heavy atom. The lowest BCUT2D eigenvalue weighted by molar-refractivity contribution is -0.139. The summed E-state index contributed by atoms with van der Waals surface area (Å²) in [7, 11) is 5.55. The lowest BCUT2D eigenvalue weighted by Gasteiger charge is -2.33. The number of likely N-dealkylation sites (tertiary alicyclic amines) is 2. The summed E-state index contributed by atoms with van der Waals surface area (Å²) in [5.74, 6) is 1.24. The predicted molar refractivity (Wildman–Crippen MR) is 231 cm³/mol. The number of methoxy groups -OCH3 is 4. The summed E-state index contributed by atoms with van der Waals surface area (Å²) in [5, 5.41) is 7.45. The van der Waals surface area contributed by atoms with Gasteiger partial charge in [-0.15, -0.1) is 0 Å². The van der Waals surface area contributed by atoms with Crippen molar-refractivity contribution in [2.45, 2.75) is 102 Å². The van der Waals surface area contributed by atoms with Gasteiger partial charge in [0.1, 0.15) is 30.3 Å². The highest BCUT2D eigenvalue weighted by Gasteiger charge is 2.44. The number of H-pyrrole nitrogens is 1. The predicted octanol–water partition coefficient (Wildman–Crippen LogP) is 6.23. The monoisotopic (exact) mass is 849 g/mol. The molecule has 0 bridgehead atoms. The van der Waals surface area contributed by atoms with Crippen molar-refractivity contribution in [1.82, 2.24) is 30.4 Å². The molecule has 2 saturated heterocycles. The van der Waals surface area contributed by atoms with E-state index in [9.17, 15) is 19.2 Å². The van der Waals surface area contributed by atoms with Gasteiger partial charge in [0.2, 0.25) is 11.8 Å². The van der Waals surface area contributed by atoms with E-state index in [0.717, 1.165) is 74.3 Å². The number of rotatable bonds is 11. The molecule has 0 aliphatic carbocycles. The second kappa shape index (κ2) is 17.4. The van der Waals surface area contributed by atoms with Gasteiger partial charge in [0.15, 0.2) is 0 Å². The van der Waals surface area contributed by atoms with Crippen LogP contribution in [0.25, 0.3) is 33.2 Å². The number of fused-ring (bicyclic) bond motifs is 6. The second-order valence-corrected chi connectivity index (χ2v) is 16.9. The van der Waals surface area contributed by atoms with Crippen molar-refractivity contribution < 1.29 is 42.9 Å². The zero-order valence-electron chi connectivity index (χ0n) is 36.4. The van der Waals surface area contributed by atoms with Gasteiger partial charge in [-0.25, -0.2) is 14.6 Å². The maximum atomic E-state index is 14.0. The van der Waals surface area contributed by atoms with Gasteiger partial charge in [-0.2, -0.15) is 0 Å². The quantitative estimate of drug-likeness (QED) is 0.156. The maximum Gasteiger partial charge on any atom is 0.407 e. The Labute approximate surface area is 360 Å². The highest BCUT2D eigenvalue weighted by Crippen LogP contribution is 2.45. The number of aliphatic imine (C=N–C) groups is 1. The van der Waals surface area contributed by atoms with Gasteiger partial charge in [-0.1, -0.05) is 25.1 Å². The molecule has 4 aliphatic rings. The third kappa shape index (κ3) is 7.85. The molecule has 3 N–H and O–H groups in total. The van der Waals surface area contributed by atoms with Crippen LogP contribution < -0.4 is 15.4 Å². The number of hydrogen-bond donors (Lipinski definition) is 3. The number of imidazole rings is 1. The van der Waals surface area contributed by atoms with Gasteiger partial charge in [0.25, 0.3) is 0 Å². The Bertz CT molecular complexity index is 2430. The summed E-state index contributed by atoms with van der Waals surface area (Å²) >= 11 is 0. The molecule has 4 amide bonds. The zero-order chi connectivity index (χ0) is 44.0. The van der Waals surface area contributed by atoms with E-state index < -0.39 is 36.5 Å². The summed E-state index contributed by atoms with van der Waals surface area (Å²) in [6.45, 7) is 8.55. The van der Waals surface area contributed by atoms with E-state index in [2.05, 4.69) is 58.9 Å². The number of nitrogens with one attached hydrogen (secondary N) is 3. The molecule has 8 rings (SSSR count). The van der Waals surface area contributed by atoms with E-state index in [1.54, 1.807) is 24.9 Å². The normalized spacial score (nSPS) is 22.1. The number of benzene rings is 3. The van der Waals surface area contributed by atoms with Crippen LogP contribution >= 0.6 is 0 Å². The number of aromatic amines is 1. The SMILES string of the molecule is COC(=O)N[C@H](C(=O)N1C[C@@H](C)C[C@H]1C1=Nc2ccc3cc4c(cc3c2C1)OCc1cc(-c2cnc([C@@H]3CC[C@H](C)N3C(=O)[C@@H](NC(=O)OC)[C@@H](C)OC)[nH]2)ccc1-4)[C@@H](C)OC. The average Bonchev–Trinajstić information content (AvgIpc) is 4.11. The van der Waals surface area contributed by atoms with Crippen LogP contribution in [0.1, 0.15) is 70.0 Å². The van der Waals surface area contributed by atoms with Crippen molar-refractivity contribution >= 4 is 46.2 Å². The third-order valence-electron chi connectivity index (χ3n) is 13.1. The molecule has 4 aliphatic heterocycles. The van der Waals surface area contributed by atoms with E-state index >= 15 is 0 Å². The molecule has 3 aromatic carbocycles. The van der Waals surface area contributed by atoms with Crippen LogP contribution in [0.4, 0.5) is 15.3 Å². The first-order valence-electron chi connectivity index (χ1n) is 21.2. The first-order chi connectivity index (χ1) is 29.8. The number of amides is 4. The summed E-state index contributed by atoms with van der Waals surface area (Å²) in [6.07, 6.45) is 2.13. The van der Waals surface area contributed by atoms with Crippen molar-refractivity contribution in [1.29, 1.82) is 0 Å². The maximum absolute atomic E-state index is 14.0. The van der Waals surface area contributed by atoms with Crippen LogP contribution in [0.2, 0.25) is 0 Å². The Kier molecular flexibility index (Phi) is 12.0. The van der Waals surface area contributed by atoms with E-state index in [4.69, 9.17) is 33.7 Å². The van der Waals surface area contributed by atoms with Crippen molar-refractivity contribution in [3.63, 3.8) is 0 Å². The molecule has 16 nitrogen and oxygen atoms in total. The lowest BCUT2D eigenvalue weighted by Crippen LogP contribution is -2.56. The first-order valence-corrected chi connectivity index (χ1v) is 21.2. The molecule has 8 atom stereocenters. The molecule has 0 radical (unpaired) electrons. The highest BCUT2D eigenvalue weighted by molar-refractivity contribution is 6.06. The van der Waals surface area contributed by atoms with E-state index in [0.29, 0.717) is 31.8 Å². The number of nitrogens with zero attached hydrogens (tertiary/aromatic N) is 4. The van der Waals surface area contributed by atoms with Crippen LogP contribution in [0.5, 0.6) is 5.75 Å². The number of carbonyl (C=O) groups is 4. The second-order valence-electron chi connectivity index (χ2n) is 16.9. The minimum absolute atomic E-state index is 0.0709. The van der Waals surface area contributed by atoms with Gasteiger partial charge in [0, 0.05) is 44.5 Å². The Morgan fingerprint density at radius 3 is 2.26 bits per heavy atom. The Hall–Kier alpha value is -6.00. The van der Waals surface area contributed by atoms with Crippen molar-refractivity contribution in [2.24, 2.45) is 10.9 Å². The fourth-order valence-electron chi connectivity index (χ4n) is 9.51. The molecule has 0 unspecified atom stereocenters. The minimum atomic E-state index is -0.927. The fraction of sp³-hybridized carbons (Fsp3) is 0.478. The van der Waals surface area contributed by atoms with Gasteiger partial charge in [0.05, 0.1) is 56.1 Å². The van der Waals surface area contributed by atoms with Crippen molar-refractivity contribution in [3.8, 4) is 28.1 Å². The number of hydrogen-bond acceptors (Lipinski definition) is 11. The molecule has 2 fully saturated rings. The van der Waals surface area contributed by atoms with Crippen LogP contribution in [-0.4, -0.2) is 121 Å². The minimum Gasteiger partial charge on any atom is -0.488 e. The number of carbonyl (C=O) groups excluding carboxylic acids is 4. The van der Waals surface area contributed by atoms with E-state index in [-0.39, 0.29) is 35.9 Å². The molecule has 5 heterocycles. The molecular weight excluding hydrogens is 795 g/mol. The Morgan fingerprint density at radius 1 is 0.855 bits per heavy atom. The summed E-state index contributed by atoms with van der Waals surface area (Å²) in [6, 6.07) is 12.3. The van der Waals surface area contributed by atoms with Gasteiger partial charge in [-0.3, -0.25) is 14.6 Å². The lowest BCUT2D eigenvalue weighted by atomic mass is 9.90. The van der Waals surface area contributed by atoms with Crippen LogP contribution in [0, 0.1) is 5.92 Å². The molecule has 0 spiro atoms. The van der Waals surface area contributed by atoms with Crippen molar-refractivity contribution in [2.75, 3.05) is 35.0 Å². The number of alkyl carbamates (subject to hydrolysis) is 2. The number of ether oxygens (including phenoxy) is 5. The molecular formula is C46H55N7O9. The summed E-state index contributed by atoms with van der Waals surface area (Å²) in [4.78, 5) is 69.3. The fourth-order valence-corrected chi connectivity index (χ4v) is 9.51. The number of aromatic nitrogens is 2. The summed E-state index contributed by atoms with van der Waals surface area (Å²) < 4.78 is 27.0. The van der Waals surface area contributed by atoms with Crippen molar-refractivity contribution in [3.05, 3.63) is 65.6 Å². The topological polar surface area (TPSA) is 186 Å². The Balaban J connectivity index is 1.01. The molecule has 62 heavy (non-hydrogen) atoms.